The van der Waals surface area contributed by atoms with Crippen molar-refractivity contribution in [2.45, 2.75) is 13.8 Å². The van der Waals surface area contributed by atoms with Crippen molar-refractivity contribution in [2.75, 3.05) is 27.4 Å². The number of ether oxygens (including phenoxy) is 4. The molecular formula is C22H22O7. The first-order valence-electron chi connectivity index (χ1n) is 9.06. The minimum Gasteiger partial charge on any atom is -0.493 e. The van der Waals surface area contributed by atoms with Crippen LogP contribution in [0.25, 0.3) is 22.1 Å². The van der Waals surface area contributed by atoms with Gasteiger partial charge in [0.2, 0.25) is 0 Å². The number of hydrogen-bond acceptors (Lipinski definition) is 7. The fourth-order valence-corrected chi connectivity index (χ4v) is 3.09. The maximum atomic E-state index is 12.6. The van der Waals surface area contributed by atoms with E-state index >= 15 is 0 Å². The molecule has 0 aliphatic rings. The summed E-state index contributed by atoms with van der Waals surface area (Å²) in [7, 11) is 3.08. The first kappa shape index (κ1) is 20.3. The molecule has 0 saturated heterocycles. The minimum absolute atomic E-state index is 0.197. The van der Waals surface area contributed by atoms with E-state index in [1.165, 1.54) is 7.11 Å². The van der Waals surface area contributed by atoms with Gasteiger partial charge in [0.25, 0.3) is 0 Å². The van der Waals surface area contributed by atoms with Crippen LogP contribution in [0.1, 0.15) is 12.5 Å². The van der Waals surface area contributed by atoms with Crippen molar-refractivity contribution >= 4 is 16.9 Å². The van der Waals surface area contributed by atoms with E-state index in [9.17, 15) is 9.59 Å². The summed E-state index contributed by atoms with van der Waals surface area (Å²) in [5.74, 6) is 1.10. The van der Waals surface area contributed by atoms with Gasteiger partial charge in [-0.15, -0.1) is 0 Å². The second-order valence-corrected chi connectivity index (χ2v) is 6.21. The van der Waals surface area contributed by atoms with Gasteiger partial charge in [0.1, 0.15) is 11.3 Å². The molecule has 0 atom stereocenters. The lowest BCUT2D eigenvalue weighted by molar-refractivity contribution is -0.145. The van der Waals surface area contributed by atoms with E-state index < -0.39 is 11.6 Å². The van der Waals surface area contributed by atoms with Crippen LogP contribution < -0.4 is 19.8 Å². The molecule has 0 bridgehead atoms. The van der Waals surface area contributed by atoms with Crippen molar-refractivity contribution in [3.05, 3.63) is 52.4 Å². The van der Waals surface area contributed by atoms with Crippen LogP contribution in [0.2, 0.25) is 0 Å². The van der Waals surface area contributed by atoms with E-state index in [-0.39, 0.29) is 6.61 Å². The van der Waals surface area contributed by atoms with Crippen LogP contribution in [0.4, 0.5) is 0 Å². The quantitative estimate of drug-likeness (QED) is 0.443. The summed E-state index contributed by atoms with van der Waals surface area (Å²) in [6.45, 7) is 3.66. The molecule has 0 saturated carbocycles. The highest BCUT2D eigenvalue weighted by Crippen LogP contribution is 2.34. The molecule has 3 aromatic rings. The number of rotatable bonds is 7. The third kappa shape index (κ3) is 4.18. The predicted molar refractivity (Wildman–Crippen MR) is 108 cm³/mol. The number of carbonyl (C=O) groups is 1. The van der Waals surface area contributed by atoms with Crippen LogP contribution in [-0.4, -0.2) is 33.4 Å². The van der Waals surface area contributed by atoms with Gasteiger partial charge in [0.15, 0.2) is 18.1 Å². The third-order valence-electron chi connectivity index (χ3n) is 4.47. The molecule has 0 unspecified atom stereocenters. The standard InChI is InChI=1S/C22H22O7/c1-5-27-20(23)12-28-15-7-9-17-16(11-15)13(2)21(22(24)29-17)14-6-8-18(25-3)19(10-14)26-4/h6-11H,5,12H2,1-4H3. The molecule has 1 aromatic heterocycles. The molecule has 2 aromatic carbocycles. The van der Waals surface area contributed by atoms with Gasteiger partial charge in [-0.1, -0.05) is 6.07 Å². The number of methoxy groups -OCH3 is 2. The van der Waals surface area contributed by atoms with E-state index in [1.54, 1.807) is 50.4 Å². The van der Waals surface area contributed by atoms with Crippen molar-refractivity contribution in [1.29, 1.82) is 0 Å². The molecule has 1 heterocycles. The van der Waals surface area contributed by atoms with Gasteiger partial charge in [-0.05, 0) is 55.3 Å². The van der Waals surface area contributed by atoms with E-state index in [0.29, 0.717) is 46.0 Å². The molecule has 29 heavy (non-hydrogen) atoms. The van der Waals surface area contributed by atoms with Gasteiger partial charge in [-0.25, -0.2) is 9.59 Å². The first-order chi connectivity index (χ1) is 14.0. The van der Waals surface area contributed by atoms with Crippen LogP contribution in [-0.2, 0) is 9.53 Å². The van der Waals surface area contributed by atoms with Crippen molar-refractivity contribution in [2.24, 2.45) is 0 Å². The molecule has 152 valence electrons. The van der Waals surface area contributed by atoms with Gasteiger partial charge in [0.05, 0.1) is 26.4 Å². The molecule has 0 N–H and O–H groups in total. The summed E-state index contributed by atoms with van der Waals surface area (Å²) in [6.07, 6.45) is 0. The lowest BCUT2D eigenvalue weighted by Crippen LogP contribution is -2.14. The minimum atomic E-state index is -0.456. The van der Waals surface area contributed by atoms with Gasteiger partial charge >= 0.3 is 11.6 Å². The molecule has 7 heteroatoms. The van der Waals surface area contributed by atoms with Crippen LogP contribution >= 0.6 is 0 Å². The third-order valence-corrected chi connectivity index (χ3v) is 4.47. The summed E-state index contributed by atoms with van der Waals surface area (Å²) in [5, 5.41) is 0.704. The Bertz CT molecular complexity index is 1100. The molecule has 0 amide bonds. The largest absolute Gasteiger partial charge is 0.493 e. The highest BCUT2D eigenvalue weighted by molar-refractivity contribution is 5.88. The van der Waals surface area contributed by atoms with E-state index in [4.69, 9.17) is 23.4 Å². The number of carbonyl (C=O) groups excluding carboxylic acids is 1. The SMILES string of the molecule is CCOC(=O)COc1ccc2oc(=O)c(-c3ccc(OC)c(OC)c3)c(C)c2c1. The number of hydrogen-bond donors (Lipinski definition) is 0. The number of aryl methyl sites for hydroxylation is 1. The zero-order chi connectivity index (χ0) is 21.0. The Kier molecular flexibility index (Phi) is 6.07. The topological polar surface area (TPSA) is 84.2 Å². The maximum absolute atomic E-state index is 12.6. The molecule has 0 fully saturated rings. The highest BCUT2D eigenvalue weighted by Gasteiger charge is 2.16. The second-order valence-electron chi connectivity index (χ2n) is 6.21. The summed E-state index contributed by atoms with van der Waals surface area (Å²) >= 11 is 0. The normalized spacial score (nSPS) is 10.6. The van der Waals surface area contributed by atoms with Crippen LogP contribution in [0.3, 0.4) is 0 Å². The number of fused-ring (bicyclic) bond motifs is 1. The Labute approximate surface area is 167 Å². The van der Waals surface area contributed by atoms with E-state index in [2.05, 4.69) is 0 Å². The molecule has 0 radical (unpaired) electrons. The van der Waals surface area contributed by atoms with Crippen LogP contribution in [0.5, 0.6) is 17.2 Å². The average molecular weight is 398 g/mol. The van der Waals surface area contributed by atoms with Gasteiger partial charge in [-0.3, -0.25) is 0 Å². The lowest BCUT2D eigenvalue weighted by Gasteiger charge is -2.12. The predicted octanol–water partition coefficient (Wildman–Crippen LogP) is 3.73. The Morgan fingerprint density at radius 1 is 1.03 bits per heavy atom. The highest BCUT2D eigenvalue weighted by atomic mass is 16.6. The van der Waals surface area contributed by atoms with Crippen LogP contribution in [0.15, 0.2) is 45.6 Å². The number of esters is 1. The Morgan fingerprint density at radius 3 is 2.48 bits per heavy atom. The fourth-order valence-electron chi connectivity index (χ4n) is 3.09. The number of benzene rings is 2. The van der Waals surface area contributed by atoms with Gasteiger partial charge in [-0.2, -0.15) is 0 Å². The van der Waals surface area contributed by atoms with Gasteiger partial charge < -0.3 is 23.4 Å². The van der Waals surface area contributed by atoms with Crippen molar-refractivity contribution in [3.8, 4) is 28.4 Å². The van der Waals surface area contributed by atoms with Crippen LogP contribution in [0, 0.1) is 6.92 Å². The van der Waals surface area contributed by atoms with Crippen molar-refractivity contribution < 1.29 is 28.2 Å². The summed E-state index contributed by atoms with van der Waals surface area (Å²) < 4.78 is 26.5. The van der Waals surface area contributed by atoms with E-state index in [0.717, 1.165) is 5.56 Å². The van der Waals surface area contributed by atoms with Crippen molar-refractivity contribution in [3.63, 3.8) is 0 Å². The van der Waals surface area contributed by atoms with Crippen molar-refractivity contribution in [1.82, 2.24) is 0 Å². The Balaban J connectivity index is 2.05. The lowest BCUT2D eigenvalue weighted by atomic mass is 9.99. The molecule has 7 nitrogen and oxygen atoms in total. The molecular weight excluding hydrogens is 376 g/mol. The average Bonchev–Trinajstić information content (AvgIpc) is 2.72. The summed E-state index contributed by atoms with van der Waals surface area (Å²) in [4.78, 5) is 24.2. The summed E-state index contributed by atoms with van der Waals surface area (Å²) in [5.41, 5.74) is 1.77. The zero-order valence-corrected chi connectivity index (χ0v) is 16.7. The Morgan fingerprint density at radius 2 is 1.79 bits per heavy atom. The molecule has 0 aliphatic carbocycles. The zero-order valence-electron chi connectivity index (χ0n) is 16.7. The molecule has 0 spiro atoms. The summed E-state index contributed by atoms with van der Waals surface area (Å²) in [6, 6.07) is 10.2. The second kappa shape index (κ2) is 8.68. The maximum Gasteiger partial charge on any atom is 0.344 e. The van der Waals surface area contributed by atoms with Gasteiger partial charge in [0, 0.05) is 5.39 Å². The monoisotopic (exact) mass is 398 g/mol. The van der Waals surface area contributed by atoms with E-state index in [1.807, 2.05) is 6.92 Å². The molecule has 0 aliphatic heterocycles. The Hall–Kier alpha value is -3.48. The first-order valence-corrected chi connectivity index (χ1v) is 9.06. The fraction of sp³-hybridized carbons (Fsp3) is 0.273. The smallest absolute Gasteiger partial charge is 0.344 e. The molecule has 3 rings (SSSR count).